The molecule has 3 rings (SSSR count). The number of rotatable bonds is 2. The Labute approximate surface area is 135 Å². The fourth-order valence-corrected chi connectivity index (χ4v) is 1.81. The Morgan fingerprint density at radius 3 is 1.57 bits per heavy atom. The smallest absolute Gasteiger partial charge is 0.521 e. The van der Waals surface area contributed by atoms with Crippen molar-refractivity contribution >= 4 is 0 Å². The minimum atomic E-state index is 0. The van der Waals surface area contributed by atoms with E-state index in [0.29, 0.717) is 0 Å². The number of hydrogen-bond donors (Lipinski definition) is 0. The predicted molar refractivity (Wildman–Crippen MR) is 81.7 cm³/mol. The molecule has 0 saturated carbocycles. The van der Waals surface area contributed by atoms with E-state index in [9.17, 15) is 0 Å². The van der Waals surface area contributed by atoms with E-state index in [1.54, 1.807) is 12.4 Å². The molecule has 3 heteroatoms. The zero-order valence-electron chi connectivity index (χ0n) is 11.3. The van der Waals surface area contributed by atoms with Gasteiger partial charge in [0.25, 0.3) is 0 Å². The first kappa shape index (κ1) is 16.8. The molecule has 0 atom stereocenters. The third kappa shape index (κ3) is 4.37. The Morgan fingerprint density at radius 1 is 0.714 bits per heavy atom. The van der Waals surface area contributed by atoms with Gasteiger partial charge < -0.3 is 6.58 Å². The number of aromatic nitrogens is 2. The zero-order valence-corrected chi connectivity index (χ0v) is 12.3. The standard InChI is InChI=1S/C16H11N2.C2H3.Ni/c1-3-10-17-15(8-1)13-6-5-7-14(12-13)16-9-2-4-11-18-16;1-2;/h1-11H;1H,2H2;/q2*-1;+2. The molecule has 1 aromatic carbocycles. The van der Waals surface area contributed by atoms with Crippen LogP contribution in [-0.2, 0) is 16.5 Å². The maximum atomic E-state index is 4.33. The van der Waals surface area contributed by atoms with Gasteiger partial charge in [-0.05, 0) is 12.1 Å². The molecular weight excluding hydrogens is 303 g/mol. The maximum absolute atomic E-state index is 4.33. The largest absolute Gasteiger partial charge is 2.00 e. The van der Waals surface area contributed by atoms with Crippen molar-refractivity contribution in [3.8, 4) is 22.5 Å². The van der Waals surface area contributed by atoms with Gasteiger partial charge in [-0.15, -0.1) is 24.3 Å². The summed E-state index contributed by atoms with van der Waals surface area (Å²) in [4.78, 5) is 8.66. The van der Waals surface area contributed by atoms with Crippen molar-refractivity contribution in [3.05, 3.63) is 86.2 Å². The topological polar surface area (TPSA) is 25.8 Å². The van der Waals surface area contributed by atoms with E-state index in [1.807, 2.05) is 54.6 Å². The minimum absolute atomic E-state index is 0. The fourth-order valence-electron chi connectivity index (χ4n) is 1.81. The van der Waals surface area contributed by atoms with E-state index in [4.69, 9.17) is 0 Å². The summed E-state index contributed by atoms with van der Waals surface area (Å²) in [5.74, 6) is 0. The molecule has 2 nitrogen and oxygen atoms in total. The molecule has 3 aromatic rings. The summed E-state index contributed by atoms with van der Waals surface area (Å²) in [5, 5.41) is 0. The Hall–Kier alpha value is -2.25. The molecule has 2 aromatic heterocycles. The first-order valence-electron chi connectivity index (χ1n) is 6.19. The predicted octanol–water partition coefficient (Wildman–Crippen LogP) is 4.21. The van der Waals surface area contributed by atoms with Crippen LogP contribution in [0.15, 0.2) is 73.6 Å². The van der Waals surface area contributed by atoms with Crippen LogP contribution in [0.2, 0.25) is 0 Å². The van der Waals surface area contributed by atoms with Crippen molar-refractivity contribution < 1.29 is 16.5 Å². The number of pyridine rings is 2. The normalized spacial score (nSPS) is 8.95. The quantitative estimate of drug-likeness (QED) is 0.522. The molecule has 0 N–H and O–H groups in total. The van der Waals surface area contributed by atoms with Crippen molar-refractivity contribution in [2.45, 2.75) is 0 Å². The van der Waals surface area contributed by atoms with Gasteiger partial charge >= 0.3 is 16.5 Å². The van der Waals surface area contributed by atoms with Gasteiger partial charge in [-0.1, -0.05) is 35.4 Å². The molecular formula is C18H14N2Ni. The first-order chi connectivity index (χ1) is 9.93. The van der Waals surface area contributed by atoms with E-state index < -0.39 is 0 Å². The van der Waals surface area contributed by atoms with E-state index in [1.165, 1.54) is 0 Å². The minimum Gasteiger partial charge on any atom is -0.521 e. The third-order valence-electron chi connectivity index (χ3n) is 2.68. The summed E-state index contributed by atoms with van der Waals surface area (Å²) in [5.41, 5.74) is 3.82. The van der Waals surface area contributed by atoms with E-state index >= 15 is 0 Å². The van der Waals surface area contributed by atoms with E-state index in [0.717, 1.165) is 22.5 Å². The van der Waals surface area contributed by atoms with Crippen LogP contribution in [0.5, 0.6) is 0 Å². The molecule has 21 heavy (non-hydrogen) atoms. The zero-order chi connectivity index (χ0) is 14.2. The van der Waals surface area contributed by atoms with Gasteiger partial charge in [0.1, 0.15) is 0 Å². The Balaban J connectivity index is 0.000000706. The molecule has 106 valence electrons. The molecule has 2 heterocycles. The summed E-state index contributed by atoms with van der Waals surface area (Å²) in [7, 11) is 0. The molecule has 0 aliphatic heterocycles. The molecule has 0 saturated heterocycles. The van der Waals surface area contributed by atoms with Crippen molar-refractivity contribution in [2.75, 3.05) is 0 Å². The summed E-state index contributed by atoms with van der Waals surface area (Å²) in [6, 6.07) is 21.1. The van der Waals surface area contributed by atoms with Crippen LogP contribution in [0.4, 0.5) is 0 Å². The first-order valence-corrected chi connectivity index (χ1v) is 6.19. The van der Waals surface area contributed by atoms with Gasteiger partial charge in [-0.3, -0.25) is 16.5 Å². The molecule has 0 radical (unpaired) electrons. The summed E-state index contributed by atoms with van der Waals surface area (Å²) in [6.07, 6.45) is 3.58. The van der Waals surface area contributed by atoms with Gasteiger partial charge in [-0.25, -0.2) is 0 Å². The fraction of sp³-hybridized carbons (Fsp3) is 0. The van der Waals surface area contributed by atoms with E-state index in [-0.39, 0.29) is 16.5 Å². The molecule has 0 unspecified atom stereocenters. The van der Waals surface area contributed by atoms with Crippen molar-refractivity contribution in [2.24, 2.45) is 0 Å². The second-order valence-corrected chi connectivity index (χ2v) is 3.91. The molecule has 0 aliphatic carbocycles. The van der Waals surface area contributed by atoms with Gasteiger partial charge in [0.15, 0.2) is 0 Å². The van der Waals surface area contributed by atoms with Crippen LogP contribution in [0.25, 0.3) is 22.5 Å². The Bertz CT molecular complexity index is 600. The monoisotopic (exact) mass is 316 g/mol. The van der Waals surface area contributed by atoms with Gasteiger partial charge in [0.05, 0.1) is 0 Å². The molecule has 0 fully saturated rings. The SMILES string of the molecule is [CH-]=C.[Ni+2].[c-]1c(-c2ccccn2)cccc1-c1ccccn1. The molecule has 0 amide bonds. The second-order valence-electron chi connectivity index (χ2n) is 3.91. The van der Waals surface area contributed by atoms with Crippen LogP contribution < -0.4 is 0 Å². The van der Waals surface area contributed by atoms with Crippen molar-refractivity contribution in [1.82, 2.24) is 9.97 Å². The second kappa shape index (κ2) is 8.83. The van der Waals surface area contributed by atoms with Crippen molar-refractivity contribution in [3.63, 3.8) is 0 Å². The van der Waals surface area contributed by atoms with E-state index in [2.05, 4.69) is 29.2 Å². The van der Waals surface area contributed by atoms with Crippen LogP contribution in [-0.4, -0.2) is 9.97 Å². The number of hydrogen-bond acceptors (Lipinski definition) is 2. The number of benzene rings is 1. The van der Waals surface area contributed by atoms with Gasteiger partial charge in [0.2, 0.25) is 0 Å². The van der Waals surface area contributed by atoms with Crippen LogP contribution >= 0.6 is 0 Å². The Morgan fingerprint density at radius 2 is 1.19 bits per heavy atom. The Kier molecular flexibility index (Phi) is 7.07. The molecule has 0 bridgehead atoms. The molecule has 0 aliphatic rings. The van der Waals surface area contributed by atoms with Crippen LogP contribution in [0, 0.1) is 12.6 Å². The van der Waals surface area contributed by atoms with Crippen LogP contribution in [0.3, 0.4) is 0 Å². The number of nitrogens with zero attached hydrogens (tertiary/aromatic N) is 2. The third-order valence-corrected chi connectivity index (χ3v) is 2.68. The van der Waals surface area contributed by atoms with Crippen molar-refractivity contribution in [1.29, 1.82) is 0 Å². The summed E-state index contributed by atoms with van der Waals surface area (Å²) >= 11 is 0. The summed E-state index contributed by atoms with van der Waals surface area (Å²) < 4.78 is 0. The average molecular weight is 317 g/mol. The van der Waals surface area contributed by atoms with Gasteiger partial charge in [-0.2, -0.15) is 0 Å². The van der Waals surface area contributed by atoms with Crippen LogP contribution in [0.1, 0.15) is 0 Å². The van der Waals surface area contributed by atoms with Gasteiger partial charge in [0, 0.05) is 23.8 Å². The summed E-state index contributed by atoms with van der Waals surface area (Å²) in [6.45, 7) is 7.00. The average Bonchev–Trinajstić information content (AvgIpc) is 2.58. The molecule has 0 spiro atoms. The maximum Gasteiger partial charge on any atom is 2.00 e.